The first kappa shape index (κ1) is 30.6. The van der Waals surface area contributed by atoms with Crippen molar-refractivity contribution in [3.8, 4) is 5.75 Å². The van der Waals surface area contributed by atoms with Gasteiger partial charge in [-0.2, -0.15) is 0 Å². The van der Waals surface area contributed by atoms with Gasteiger partial charge in [-0.3, -0.25) is 14.6 Å². The van der Waals surface area contributed by atoms with Gasteiger partial charge in [0.2, 0.25) is 11.8 Å². The number of nitrogens with zero attached hydrogens (tertiary/aromatic N) is 5. The number of benzene rings is 3. The average Bonchev–Trinajstić information content (AvgIpc) is 3.51. The van der Waals surface area contributed by atoms with Crippen LogP contribution >= 0.6 is 23.2 Å². The van der Waals surface area contributed by atoms with Gasteiger partial charge in [0.05, 0.1) is 28.8 Å². The Kier molecular flexibility index (Phi) is 8.80. The highest BCUT2D eigenvalue weighted by Crippen LogP contribution is 2.33. The third kappa shape index (κ3) is 6.26. The van der Waals surface area contributed by atoms with Crippen LogP contribution in [0.4, 0.5) is 10.5 Å². The molecule has 0 unspecified atom stereocenters. The first-order valence-electron chi connectivity index (χ1n) is 14.6. The highest BCUT2D eigenvalue weighted by molar-refractivity contribution is 6.42. The summed E-state index contributed by atoms with van der Waals surface area (Å²) in [5, 5.41) is 16.8. The van der Waals surface area contributed by atoms with E-state index < -0.39 is 18.2 Å². The molecule has 12 heteroatoms. The second kappa shape index (κ2) is 12.9. The zero-order valence-corrected chi connectivity index (χ0v) is 25.9. The predicted octanol–water partition coefficient (Wildman–Crippen LogP) is 4.69. The normalized spacial score (nSPS) is 19.5. The van der Waals surface area contributed by atoms with Crippen LogP contribution in [0.5, 0.6) is 5.75 Å². The maximum Gasteiger partial charge on any atom is 0.334 e. The number of urea groups is 1. The molecular weight excluding hydrogens is 615 g/mol. The molecule has 0 spiro atoms. The summed E-state index contributed by atoms with van der Waals surface area (Å²) in [5.74, 6) is -0.386. The van der Waals surface area contributed by atoms with Crippen molar-refractivity contribution < 1.29 is 19.5 Å². The lowest BCUT2D eigenvalue weighted by Gasteiger charge is -2.55. The maximum absolute atomic E-state index is 14.2. The number of halogens is 2. The Morgan fingerprint density at radius 1 is 1.07 bits per heavy atom. The van der Waals surface area contributed by atoms with Gasteiger partial charge in [-0.05, 0) is 46.5 Å². The molecule has 0 radical (unpaired) electrons. The maximum atomic E-state index is 14.2. The van der Waals surface area contributed by atoms with Crippen molar-refractivity contribution in [2.45, 2.75) is 38.1 Å². The topological polar surface area (TPSA) is 109 Å². The molecule has 3 aromatic carbocycles. The van der Waals surface area contributed by atoms with E-state index in [4.69, 9.17) is 23.2 Å². The number of phenolic OH excluding ortho intramolecular Hbond substituents is 1. The van der Waals surface area contributed by atoms with Gasteiger partial charge in [0.1, 0.15) is 18.0 Å². The number of para-hydroxylation sites is 1. The molecule has 6 rings (SSSR count). The summed E-state index contributed by atoms with van der Waals surface area (Å²) in [5.41, 5.74) is 4.36. The van der Waals surface area contributed by atoms with Gasteiger partial charge in [-0.1, -0.05) is 65.7 Å². The second-order valence-electron chi connectivity index (χ2n) is 11.2. The minimum Gasteiger partial charge on any atom is -0.508 e. The second-order valence-corrected chi connectivity index (χ2v) is 12.0. The number of hydrazine groups is 1. The number of aliphatic imine (C=N–C) groups is 1. The fourth-order valence-corrected chi connectivity index (χ4v) is 6.47. The number of fused-ring (bicyclic) bond motifs is 2. The Labute approximate surface area is 271 Å². The Morgan fingerprint density at radius 3 is 2.60 bits per heavy atom. The van der Waals surface area contributed by atoms with E-state index >= 15 is 0 Å². The van der Waals surface area contributed by atoms with E-state index in [1.807, 2.05) is 24.4 Å². The Balaban J connectivity index is 1.35. The first-order valence-corrected chi connectivity index (χ1v) is 15.4. The van der Waals surface area contributed by atoms with Gasteiger partial charge < -0.3 is 20.2 Å². The van der Waals surface area contributed by atoms with Crippen molar-refractivity contribution in [2.75, 3.05) is 19.6 Å². The first-order chi connectivity index (χ1) is 21.7. The number of hydrogen-bond donors (Lipinski definition) is 2. The lowest BCUT2D eigenvalue weighted by Crippen LogP contribution is -2.76. The molecule has 232 valence electrons. The third-order valence-corrected chi connectivity index (χ3v) is 9.01. The predicted molar refractivity (Wildman–Crippen MR) is 172 cm³/mol. The Bertz CT molecular complexity index is 1680. The smallest absolute Gasteiger partial charge is 0.334 e. The summed E-state index contributed by atoms with van der Waals surface area (Å²) < 4.78 is 0. The lowest BCUT2D eigenvalue weighted by atomic mass is 9.98. The van der Waals surface area contributed by atoms with E-state index in [-0.39, 0.29) is 56.7 Å². The van der Waals surface area contributed by atoms with Gasteiger partial charge in [0, 0.05) is 38.7 Å². The summed E-state index contributed by atoms with van der Waals surface area (Å²) in [7, 11) is 0. The summed E-state index contributed by atoms with van der Waals surface area (Å²) >= 11 is 12.3. The van der Waals surface area contributed by atoms with Crippen LogP contribution < -0.4 is 5.32 Å². The quantitative estimate of drug-likeness (QED) is 0.345. The van der Waals surface area contributed by atoms with Crippen LogP contribution in [0.1, 0.15) is 22.3 Å². The van der Waals surface area contributed by atoms with E-state index in [2.05, 4.69) is 16.9 Å². The summed E-state index contributed by atoms with van der Waals surface area (Å²) in [6, 6.07) is 16.3. The molecule has 2 fully saturated rings. The third-order valence-electron chi connectivity index (χ3n) is 8.27. The molecular formula is C33H32Cl2N6O4. The zero-order valence-electron chi connectivity index (χ0n) is 24.4. The number of hydrogen-bond acceptors (Lipinski definition) is 6. The van der Waals surface area contributed by atoms with Gasteiger partial charge in [0.25, 0.3) is 0 Å². The van der Waals surface area contributed by atoms with E-state index in [1.54, 1.807) is 58.4 Å². The van der Waals surface area contributed by atoms with Crippen LogP contribution in [0.3, 0.4) is 0 Å². The average molecular weight is 648 g/mol. The van der Waals surface area contributed by atoms with Crippen LogP contribution in [0.15, 0.2) is 78.3 Å². The minimum absolute atomic E-state index is 0.0951. The summed E-state index contributed by atoms with van der Waals surface area (Å²) in [4.78, 5) is 49.8. The van der Waals surface area contributed by atoms with Gasteiger partial charge in [-0.15, -0.1) is 6.58 Å². The zero-order chi connectivity index (χ0) is 31.7. The van der Waals surface area contributed by atoms with Gasteiger partial charge in [0.15, 0.2) is 0 Å². The minimum atomic E-state index is -0.877. The van der Waals surface area contributed by atoms with Crippen LogP contribution in [0.2, 0.25) is 10.0 Å². The van der Waals surface area contributed by atoms with Crippen molar-refractivity contribution in [1.29, 1.82) is 0 Å². The molecule has 3 aliphatic rings. The van der Waals surface area contributed by atoms with Crippen LogP contribution in [-0.2, 0) is 35.5 Å². The van der Waals surface area contributed by atoms with E-state index in [0.717, 1.165) is 34.4 Å². The largest absolute Gasteiger partial charge is 0.508 e. The number of aromatic hydroxyl groups is 1. The van der Waals surface area contributed by atoms with Crippen molar-refractivity contribution in [3.63, 3.8) is 0 Å². The molecule has 4 amide bonds. The molecule has 3 aliphatic heterocycles. The van der Waals surface area contributed by atoms with Gasteiger partial charge in [-0.25, -0.2) is 14.8 Å². The highest BCUT2D eigenvalue weighted by atomic mass is 35.5. The standard InChI is InChI=1S/C33H32Cl2N6O4/c1-2-14-39-20-30(43)40-28(16-21-6-9-25(42)10-7-21)32(44)38(18-24-5-3-4-23-12-13-36-31(23)24)19-29(40)41(39)33(45)37-17-22-8-11-26(34)27(35)15-22/h2-11,13,15,28-29,42H,1,12,14,16-20H2,(H,37,45)/t28-,29-/m0/s1. The molecule has 0 aliphatic carbocycles. The van der Waals surface area contributed by atoms with E-state index in [9.17, 15) is 19.5 Å². The Morgan fingerprint density at radius 2 is 1.84 bits per heavy atom. The molecule has 0 aromatic heterocycles. The fourth-order valence-electron chi connectivity index (χ4n) is 6.15. The molecule has 45 heavy (non-hydrogen) atoms. The number of carbonyl (C=O) groups is 3. The van der Waals surface area contributed by atoms with Crippen molar-refractivity contribution in [1.82, 2.24) is 25.1 Å². The lowest BCUT2D eigenvalue weighted by molar-refractivity contribution is -0.189. The van der Waals surface area contributed by atoms with Crippen LogP contribution in [0, 0.1) is 0 Å². The summed E-state index contributed by atoms with van der Waals surface area (Å²) in [6.07, 6.45) is 3.64. The Hall–Kier alpha value is -4.38. The van der Waals surface area contributed by atoms with E-state index in [1.165, 1.54) is 9.91 Å². The number of nitrogens with one attached hydrogen (secondary N) is 1. The number of piperazine rings is 1. The van der Waals surface area contributed by atoms with Crippen molar-refractivity contribution >= 4 is 52.9 Å². The molecule has 3 heterocycles. The molecule has 2 N–H and O–H groups in total. The van der Waals surface area contributed by atoms with Crippen LogP contribution in [0.25, 0.3) is 0 Å². The molecule has 0 saturated carbocycles. The van der Waals surface area contributed by atoms with Gasteiger partial charge >= 0.3 is 6.03 Å². The number of carbonyl (C=O) groups excluding carboxylic acids is 3. The molecule has 3 aromatic rings. The monoisotopic (exact) mass is 646 g/mol. The van der Waals surface area contributed by atoms with Crippen LogP contribution in [-0.4, -0.2) is 80.8 Å². The molecule has 0 bridgehead atoms. The van der Waals surface area contributed by atoms with Crippen molar-refractivity contribution in [3.05, 3.63) is 106 Å². The number of phenols is 1. The van der Waals surface area contributed by atoms with Crippen molar-refractivity contribution in [2.24, 2.45) is 4.99 Å². The molecule has 10 nitrogen and oxygen atoms in total. The number of amides is 4. The molecule has 2 saturated heterocycles. The molecule has 2 atom stereocenters. The summed E-state index contributed by atoms with van der Waals surface area (Å²) in [6.45, 7) is 4.50. The SMILES string of the molecule is C=CCN1CC(=O)N2[C@@H](Cc3ccc(O)cc3)C(=O)N(Cc3cccc4c3N=CC4)C[C@@H]2N1C(=O)NCc1ccc(Cl)c(Cl)c1. The number of rotatable bonds is 8. The highest BCUT2D eigenvalue weighted by Gasteiger charge is 2.51. The fraction of sp³-hybridized carbons (Fsp3) is 0.273. The van der Waals surface area contributed by atoms with E-state index in [0.29, 0.717) is 10.0 Å².